The second-order valence-electron chi connectivity index (χ2n) is 3.74. The first-order chi connectivity index (χ1) is 8.36. The van der Waals surface area contributed by atoms with Crippen molar-refractivity contribution in [1.82, 2.24) is 4.98 Å². The van der Waals surface area contributed by atoms with Gasteiger partial charge in [-0.05, 0) is 16.8 Å². The Kier molecular flexibility index (Phi) is 2.51. The van der Waals surface area contributed by atoms with Crippen molar-refractivity contribution in [3.05, 3.63) is 47.8 Å². The maximum Gasteiger partial charge on any atom is 0.151 e. The first kappa shape index (κ1) is 10.3. The summed E-state index contributed by atoms with van der Waals surface area (Å²) in [7, 11) is 0. The van der Waals surface area contributed by atoms with Gasteiger partial charge in [-0.2, -0.15) is 0 Å². The number of nitrogen functional groups attached to an aromatic ring is 1. The second kappa shape index (κ2) is 4.16. The van der Waals surface area contributed by atoms with Crippen molar-refractivity contribution in [3.8, 4) is 10.6 Å². The molecule has 3 N–H and O–H groups in total. The van der Waals surface area contributed by atoms with Crippen LogP contribution in [0.4, 0.5) is 5.82 Å². The van der Waals surface area contributed by atoms with Gasteiger partial charge in [0.2, 0.25) is 0 Å². The SMILES string of the molecule is NNc1csc(-c2ccc3ccccc3c2)n1. The summed E-state index contributed by atoms with van der Waals surface area (Å²) in [6.07, 6.45) is 0. The van der Waals surface area contributed by atoms with Crippen LogP contribution in [0.1, 0.15) is 0 Å². The molecule has 2 aromatic carbocycles. The highest BCUT2D eigenvalue weighted by Gasteiger charge is 2.04. The van der Waals surface area contributed by atoms with Crippen molar-refractivity contribution in [1.29, 1.82) is 0 Å². The lowest BCUT2D eigenvalue weighted by Gasteiger charge is -2.00. The molecule has 0 unspecified atom stereocenters. The third-order valence-electron chi connectivity index (χ3n) is 2.65. The van der Waals surface area contributed by atoms with E-state index in [1.165, 1.54) is 10.8 Å². The van der Waals surface area contributed by atoms with Crippen molar-refractivity contribution in [2.75, 3.05) is 5.43 Å². The Morgan fingerprint density at radius 2 is 1.88 bits per heavy atom. The fraction of sp³-hybridized carbons (Fsp3) is 0. The van der Waals surface area contributed by atoms with E-state index in [1.807, 2.05) is 17.5 Å². The summed E-state index contributed by atoms with van der Waals surface area (Å²) < 4.78 is 0. The van der Waals surface area contributed by atoms with E-state index in [0.29, 0.717) is 5.82 Å². The van der Waals surface area contributed by atoms with Crippen LogP contribution in [0.15, 0.2) is 47.8 Å². The number of thiazole rings is 1. The van der Waals surface area contributed by atoms with Crippen LogP contribution in [0.2, 0.25) is 0 Å². The van der Waals surface area contributed by atoms with Crippen molar-refractivity contribution in [2.45, 2.75) is 0 Å². The van der Waals surface area contributed by atoms with Crippen LogP contribution >= 0.6 is 11.3 Å². The molecule has 17 heavy (non-hydrogen) atoms. The smallest absolute Gasteiger partial charge is 0.151 e. The van der Waals surface area contributed by atoms with Crippen LogP contribution < -0.4 is 11.3 Å². The molecule has 0 saturated heterocycles. The average Bonchev–Trinajstić information content (AvgIpc) is 2.87. The monoisotopic (exact) mass is 241 g/mol. The second-order valence-corrected chi connectivity index (χ2v) is 4.60. The molecule has 3 nitrogen and oxygen atoms in total. The Bertz CT molecular complexity index is 660. The van der Waals surface area contributed by atoms with E-state index in [0.717, 1.165) is 10.6 Å². The zero-order valence-electron chi connectivity index (χ0n) is 9.05. The Balaban J connectivity index is 2.11. The predicted octanol–water partition coefficient (Wildman–Crippen LogP) is 3.25. The topological polar surface area (TPSA) is 50.9 Å². The Morgan fingerprint density at radius 1 is 1.06 bits per heavy atom. The molecule has 0 spiro atoms. The number of aromatic nitrogens is 1. The standard InChI is InChI=1S/C13H11N3S/c14-16-12-8-17-13(15-12)11-6-5-9-3-1-2-4-10(9)7-11/h1-8,16H,14H2. The average molecular weight is 241 g/mol. The minimum atomic E-state index is 0.707. The number of fused-ring (bicyclic) bond motifs is 1. The maximum absolute atomic E-state index is 5.33. The molecule has 0 bridgehead atoms. The van der Waals surface area contributed by atoms with Gasteiger partial charge in [0.15, 0.2) is 5.82 Å². The first-order valence-electron chi connectivity index (χ1n) is 5.28. The minimum absolute atomic E-state index is 0.707. The molecule has 1 heterocycles. The van der Waals surface area contributed by atoms with Gasteiger partial charge in [-0.25, -0.2) is 10.8 Å². The summed E-state index contributed by atoms with van der Waals surface area (Å²) in [6.45, 7) is 0. The van der Waals surface area contributed by atoms with Gasteiger partial charge in [-0.1, -0.05) is 36.4 Å². The number of benzene rings is 2. The van der Waals surface area contributed by atoms with E-state index in [4.69, 9.17) is 5.84 Å². The summed E-state index contributed by atoms with van der Waals surface area (Å²) in [5, 5.41) is 5.35. The summed E-state index contributed by atoms with van der Waals surface area (Å²) in [5.74, 6) is 6.03. The van der Waals surface area contributed by atoms with Gasteiger partial charge in [0.05, 0.1) is 0 Å². The molecule has 3 rings (SSSR count). The molecular formula is C13H11N3S. The lowest BCUT2D eigenvalue weighted by molar-refractivity contribution is 1.27. The molecule has 0 aliphatic rings. The molecular weight excluding hydrogens is 230 g/mol. The normalized spacial score (nSPS) is 10.6. The van der Waals surface area contributed by atoms with Crippen molar-refractivity contribution >= 4 is 27.9 Å². The molecule has 0 aliphatic heterocycles. The lowest BCUT2D eigenvalue weighted by Crippen LogP contribution is -2.06. The van der Waals surface area contributed by atoms with Gasteiger partial charge in [-0.3, -0.25) is 0 Å². The Morgan fingerprint density at radius 3 is 2.65 bits per heavy atom. The highest BCUT2D eigenvalue weighted by atomic mass is 32.1. The zero-order valence-corrected chi connectivity index (χ0v) is 9.87. The maximum atomic E-state index is 5.33. The Labute approximate surface area is 103 Å². The molecule has 1 aromatic heterocycles. The van der Waals surface area contributed by atoms with E-state index in [9.17, 15) is 0 Å². The van der Waals surface area contributed by atoms with Crippen LogP contribution in [0.25, 0.3) is 21.3 Å². The summed E-state index contributed by atoms with van der Waals surface area (Å²) in [5.41, 5.74) is 3.67. The van der Waals surface area contributed by atoms with E-state index >= 15 is 0 Å². The van der Waals surface area contributed by atoms with Gasteiger partial charge in [0, 0.05) is 10.9 Å². The predicted molar refractivity (Wildman–Crippen MR) is 72.9 cm³/mol. The van der Waals surface area contributed by atoms with Gasteiger partial charge >= 0.3 is 0 Å². The molecule has 0 amide bonds. The Hall–Kier alpha value is -1.91. The molecule has 0 aliphatic carbocycles. The zero-order chi connectivity index (χ0) is 11.7. The van der Waals surface area contributed by atoms with Gasteiger partial charge in [0.1, 0.15) is 5.01 Å². The number of hydrazine groups is 1. The largest absolute Gasteiger partial charge is 0.308 e. The molecule has 0 fully saturated rings. The summed E-state index contributed by atoms with van der Waals surface area (Å²) in [4.78, 5) is 4.39. The van der Waals surface area contributed by atoms with Crippen LogP contribution in [-0.4, -0.2) is 4.98 Å². The van der Waals surface area contributed by atoms with Crippen molar-refractivity contribution in [3.63, 3.8) is 0 Å². The van der Waals surface area contributed by atoms with E-state index in [1.54, 1.807) is 11.3 Å². The number of rotatable bonds is 2. The quantitative estimate of drug-likeness (QED) is 0.535. The minimum Gasteiger partial charge on any atom is -0.308 e. The third kappa shape index (κ3) is 1.88. The van der Waals surface area contributed by atoms with E-state index < -0.39 is 0 Å². The van der Waals surface area contributed by atoms with Gasteiger partial charge in [0.25, 0.3) is 0 Å². The van der Waals surface area contributed by atoms with E-state index in [-0.39, 0.29) is 0 Å². The van der Waals surface area contributed by atoms with Gasteiger partial charge in [-0.15, -0.1) is 11.3 Å². The molecule has 84 valence electrons. The van der Waals surface area contributed by atoms with Crippen molar-refractivity contribution in [2.24, 2.45) is 5.84 Å². The van der Waals surface area contributed by atoms with E-state index in [2.05, 4.69) is 40.7 Å². The molecule has 0 saturated carbocycles. The fourth-order valence-electron chi connectivity index (χ4n) is 1.79. The molecule has 3 aromatic rings. The number of nitrogens with two attached hydrogens (primary N) is 1. The molecule has 4 heteroatoms. The first-order valence-corrected chi connectivity index (χ1v) is 6.16. The number of nitrogens with one attached hydrogen (secondary N) is 1. The van der Waals surface area contributed by atoms with Crippen LogP contribution in [0.5, 0.6) is 0 Å². The molecule has 0 radical (unpaired) electrons. The number of hydrogen-bond acceptors (Lipinski definition) is 4. The number of hydrogen-bond donors (Lipinski definition) is 2. The summed E-state index contributed by atoms with van der Waals surface area (Å²) in [6, 6.07) is 14.6. The molecule has 0 atom stereocenters. The highest BCUT2D eigenvalue weighted by Crippen LogP contribution is 2.28. The number of anilines is 1. The van der Waals surface area contributed by atoms with Crippen LogP contribution in [0.3, 0.4) is 0 Å². The number of nitrogens with zero attached hydrogens (tertiary/aromatic N) is 1. The lowest BCUT2D eigenvalue weighted by atomic mass is 10.1. The van der Waals surface area contributed by atoms with Crippen molar-refractivity contribution < 1.29 is 0 Å². The van der Waals surface area contributed by atoms with Crippen LogP contribution in [0, 0.1) is 0 Å². The summed E-state index contributed by atoms with van der Waals surface area (Å²) >= 11 is 1.58. The fourth-order valence-corrected chi connectivity index (χ4v) is 2.55. The highest BCUT2D eigenvalue weighted by molar-refractivity contribution is 7.13. The van der Waals surface area contributed by atoms with Crippen LogP contribution in [-0.2, 0) is 0 Å². The third-order valence-corrected chi connectivity index (χ3v) is 3.54. The van der Waals surface area contributed by atoms with Gasteiger partial charge < -0.3 is 5.43 Å².